The summed E-state index contributed by atoms with van der Waals surface area (Å²) in [5.41, 5.74) is 4.40. The molecule has 0 amide bonds. The second-order valence-corrected chi connectivity index (χ2v) is 6.89. The van der Waals surface area contributed by atoms with Gasteiger partial charge >= 0.3 is 0 Å². The Morgan fingerprint density at radius 3 is 2.61 bits per heavy atom. The molecular formula is C23H21N3O2. The lowest BCUT2D eigenvalue weighted by molar-refractivity contribution is -0.0190. The molecule has 1 aromatic heterocycles. The van der Waals surface area contributed by atoms with Crippen LogP contribution >= 0.6 is 0 Å². The Labute approximate surface area is 164 Å². The first-order chi connectivity index (χ1) is 13.8. The summed E-state index contributed by atoms with van der Waals surface area (Å²) in [6.45, 7) is 2.65. The SMILES string of the molecule is CCOc1ccc(C2=NN3C(C2)c2ccccc2OC3c2ccncc2)cc1. The molecule has 2 unspecified atom stereocenters. The van der Waals surface area contributed by atoms with Crippen LogP contribution in [0.4, 0.5) is 0 Å². The third-order valence-corrected chi connectivity index (χ3v) is 5.19. The van der Waals surface area contributed by atoms with Crippen molar-refractivity contribution in [1.29, 1.82) is 0 Å². The monoisotopic (exact) mass is 371 g/mol. The van der Waals surface area contributed by atoms with Crippen molar-refractivity contribution in [3.8, 4) is 11.5 Å². The van der Waals surface area contributed by atoms with Crippen LogP contribution in [0.1, 0.15) is 42.3 Å². The van der Waals surface area contributed by atoms with E-state index < -0.39 is 0 Å². The Bertz CT molecular complexity index is 1000. The molecule has 2 atom stereocenters. The summed E-state index contributed by atoms with van der Waals surface area (Å²) in [7, 11) is 0. The summed E-state index contributed by atoms with van der Waals surface area (Å²) in [6.07, 6.45) is 4.17. The van der Waals surface area contributed by atoms with Crippen LogP contribution in [0, 0.1) is 0 Å². The van der Waals surface area contributed by atoms with Crippen LogP contribution in [0.25, 0.3) is 0 Å². The van der Waals surface area contributed by atoms with E-state index in [0.717, 1.165) is 34.8 Å². The molecule has 140 valence electrons. The highest BCUT2D eigenvalue weighted by molar-refractivity contribution is 6.02. The Morgan fingerprint density at radius 2 is 1.82 bits per heavy atom. The maximum Gasteiger partial charge on any atom is 0.213 e. The maximum atomic E-state index is 6.34. The summed E-state index contributed by atoms with van der Waals surface area (Å²) in [4.78, 5) is 4.13. The molecule has 0 saturated heterocycles. The summed E-state index contributed by atoms with van der Waals surface area (Å²) in [6, 6.07) is 20.5. The van der Waals surface area contributed by atoms with Crippen molar-refractivity contribution in [1.82, 2.24) is 9.99 Å². The van der Waals surface area contributed by atoms with Gasteiger partial charge in [-0.2, -0.15) is 5.10 Å². The quantitative estimate of drug-likeness (QED) is 0.666. The number of para-hydroxylation sites is 1. The summed E-state index contributed by atoms with van der Waals surface area (Å²) < 4.78 is 11.9. The molecule has 0 aliphatic carbocycles. The number of benzene rings is 2. The Morgan fingerprint density at radius 1 is 1.04 bits per heavy atom. The van der Waals surface area contributed by atoms with E-state index in [1.54, 1.807) is 12.4 Å². The number of ether oxygens (including phenoxy) is 2. The van der Waals surface area contributed by atoms with Gasteiger partial charge in [0.05, 0.1) is 18.4 Å². The predicted octanol–water partition coefficient (Wildman–Crippen LogP) is 4.72. The molecule has 0 spiro atoms. The van der Waals surface area contributed by atoms with Crippen LogP contribution in [-0.2, 0) is 0 Å². The van der Waals surface area contributed by atoms with Crippen molar-refractivity contribution in [2.24, 2.45) is 5.10 Å². The highest BCUT2D eigenvalue weighted by Gasteiger charge is 2.40. The van der Waals surface area contributed by atoms with Gasteiger partial charge in [0, 0.05) is 29.9 Å². The van der Waals surface area contributed by atoms with E-state index in [4.69, 9.17) is 14.6 Å². The van der Waals surface area contributed by atoms with E-state index >= 15 is 0 Å². The van der Waals surface area contributed by atoms with Crippen molar-refractivity contribution >= 4 is 5.71 Å². The zero-order valence-electron chi connectivity index (χ0n) is 15.7. The van der Waals surface area contributed by atoms with Crippen LogP contribution in [0.2, 0.25) is 0 Å². The van der Waals surface area contributed by atoms with Crippen molar-refractivity contribution in [3.05, 3.63) is 89.7 Å². The summed E-state index contributed by atoms with van der Waals surface area (Å²) in [5.74, 6) is 1.81. The zero-order chi connectivity index (χ0) is 18.9. The van der Waals surface area contributed by atoms with Crippen LogP contribution < -0.4 is 9.47 Å². The van der Waals surface area contributed by atoms with Crippen LogP contribution in [0.15, 0.2) is 78.2 Å². The molecule has 2 aliphatic rings. The molecule has 0 fully saturated rings. The molecule has 0 saturated carbocycles. The second kappa shape index (κ2) is 7.00. The molecule has 5 rings (SSSR count). The van der Waals surface area contributed by atoms with Gasteiger partial charge in [-0.15, -0.1) is 0 Å². The second-order valence-electron chi connectivity index (χ2n) is 6.89. The third kappa shape index (κ3) is 2.89. The highest BCUT2D eigenvalue weighted by Crippen LogP contribution is 2.47. The standard InChI is InChI=1S/C23H21N3O2/c1-2-27-18-9-7-16(8-10-18)20-15-21-19-5-3-4-6-22(19)28-23(26(21)25-20)17-11-13-24-14-12-17/h3-14,21,23H,2,15H2,1H3. The third-order valence-electron chi connectivity index (χ3n) is 5.19. The first-order valence-electron chi connectivity index (χ1n) is 9.58. The number of hydrogen-bond acceptors (Lipinski definition) is 5. The van der Waals surface area contributed by atoms with Gasteiger partial charge in [-0.25, -0.2) is 5.01 Å². The minimum absolute atomic E-state index is 0.157. The molecule has 28 heavy (non-hydrogen) atoms. The van der Waals surface area contributed by atoms with Gasteiger partial charge in [-0.1, -0.05) is 18.2 Å². The first kappa shape index (κ1) is 16.8. The number of nitrogens with zero attached hydrogens (tertiary/aromatic N) is 3. The fourth-order valence-corrected chi connectivity index (χ4v) is 3.87. The van der Waals surface area contributed by atoms with Crippen molar-refractivity contribution in [2.75, 3.05) is 6.61 Å². The van der Waals surface area contributed by atoms with E-state index in [9.17, 15) is 0 Å². The van der Waals surface area contributed by atoms with E-state index in [2.05, 4.69) is 34.3 Å². The largest absolute Gasteiger partial charge is 0.494 e. The van der Waals surface area contributed by atoms with Gasteiger partial charge in [-0.3, -0.25) is 4.98 Å². The van der Waals surface area contributed by atoms with Gasteiger partial charge in [-0.05, 0) is 55.0 Å². The summed E-state index contributed by atoms with van der Waals surface area (Å²) in [5, 5.41) is 7.06. The fraction of sp³-hybridized carbons (Fsp3) is 0.217. The average molecular weight is 371 g/mol. The Hall–Kier alpha value is -3.34. The number of hydrogen-bond donors (Lipinski definition) is 0. The van der Waals surface area contributed by atoms with Gasteiger partial charge in [0.15, 0.2) is 0 Å². The Kier molecular flexibility index (Phi) is 4.20. The van der Waals surface area contributed by atoms with Crippen LogP contribution in [-0.4, -0.2) is 22.3 Å². The maximum absolute atomic E-state index is 6.34. The number of aromatic nitrogens is 1. The minimum Gasteiger partial charge on any atom is -0.494 e. The fourth-order valence-electron chi connectivity index (χ4n) is 3.87. The number of fused-ring (bicyclic) bond motifs is 3. The molecule has 2 aromatic carbocycles. The molecule has 0 N–H and O–H groups in total. The average Bonchev–Trinajstić information content (AvgIpc) is 3.20. The molecule has 3 aromatic rings. The summed E-state index contributed by atoms with van der Waals surface area (Å²) >= 11 is 0. The number of hydrazone groups is 1. The topological polar surface area (TPSA) is 47.0 Å². The molecule has 2 aliphatic heterocycles. The van der Waals surface area contributed by atoms with Crippen LogP contribution in [0.3, 0.4) is 0 Å². The highest BCUT2D eigenvalue weighted by atomic mass is 16.5. The van der Waals surface area contributed by atoms with E-state index in [1.807, 2.05) is 43.3 Å². The molecule has 5 nitrogen and oxygen atoms in total. The van der Waals surface area contributed by atoms with Crippen molar-refractivity contribution < 1.29 is 9.47 Å². The smallest absolute Gasteiger partial charge is 0.213 e. The lowest BCUT2D eigenvalue weighted by Crippen LogP contribution is -2.33. The number of rotatable bonds is 4. The van der Waals surface area contributed by atoms with Gasteiger partial charge in [0.2, 0.25) is 6.23 Å². The normalized spacial score (nSPS) is 20.0. The lowest BCUT2D eigenvalue weighted by atomic mass is 9.96. The first-order valence-corrected chi connectivity index (χ1v) is 9.58. The molecule has 0 bridgehead atoms. The van der Waals surface area contributed by atoms with Gasteiger partial charge < -0.3 is 9.47 Å². The van der Waals surface area contributed by atoms with Crippen LogP contribution in [0.5, 0.6) is 11.5 Å². The lowest BCUT2D eigenvalue weighted by Gasteiger charge is -2.38. The Balaban J connectivity index is 1.53. The number of pyridine rings is 1. The molecule has 0 radical (unpaired) electrons. The van der Waals surface area contributed by atoms with Gasteiger partial charge in [0.1, 0.15) is 11.5 Å². The molecule has 5 heteroatoms. The molecular weight excluding hydrogens is 350 g/mol. The predicted molar refractivity (Wildman–Crippen MR) is 107 cm³/mol. The van der Waals surface area contributed by atoms with E-state index in [-0.39, 0.29) is 12.3 Å². The van der Waals surface area contributed by atoms with Gasteiger partial charge in [0.25, 0.3) is 0 Å². The van der Waals surface area contributed by atoms with E-state index in [1.165, 1.54) is 5.56 Å². The van der Waals surface area contributed by atoms with E-state index in [0.29, 0.717) is 6.61 Å². The molecule has 3 heterocycles. The minimum atomic E-state index is -0.261. The van der Waals surface area contributed by atoms with Crippen molar-refractivity contribution in [2.45, 2.75) is 25.6 Å². The van der Waals surface area contributed by atoms with Crippen molar-refractivity contribution in [3.63, 3.8) is 0 Å². The zero-order valence-corrected chi connectivity index (χ0v) is 15.7.